The highest BCUT2D eigenvalue weighted by atomic mass is 79.9. The standard InChI is InChI=1S/C10H13BrClNO/c1-4-10(2,3)14-9-8(12)5-7(11)6-13-9/h5-6H,4H2,1-3H3. The second-order valence-electron chi connectivity index (χ2n) is 3.66. The van der Waals surface area contributed by atoms with Crippen molar-refractivity contribution in [3.05, 3.63) is 21.8 Å². The maximum atomic E-state index is 5.98. The second kappa shape index (κ2) is 4.49. The van der Waals surface area contributed by atoms with Crippen LogP contribution >= 0.6 is 27.5 Å². The van der Waals surface area contributed by atoms with Gasteiger partial charge in [-0.25, -0.2) is 4.98 Å². The summed E-state index contributed by atoms with van der Waals surface area (Å²) in [6.07, 6.45) is 2.58. The fourth-order valence-corrected chi connectivity index (χ4v) is 1.48. The van der Waals surface area contributed by atoms with Crippen LogP contribution in [-0.4, -0.2) is 10.6 Å². The molecular formula is C10H13BrClNO. The number of ether oxygens (including phenoxy) is 1. The van der Waals surface area contributed by atoms with Crippen LogP contribution in [0.4, 0.5) is 0 Å². The first-order valence-electron chi connectivity index (χ1n) is 4.44. The van der Waals surface area contributed by atoms with Crippen molar-refractivity contribution >= 4 is 27.5 Å². The van der Waals surface area contributed by atoms with E-state index in [1.165, 1.54) is 0 Å². The Balaban J connectivity index is 2.87. The molecule has 0 saturated carbocycles. The molecule has 2 nitrogen and oxygen atoms in total. The maximum absolute atomic E-state index is 5.98. The van der Waals surface area contributed by atoms with Gasteiger partial charge in [-0.3, -0.25) is 0 Å². The van der Waals surface area contributed by atoms with E-state index in [1.54, 1.807) is 12.3 Å². The Bertz CT molecular complexity index is 328. The Labute approximate surface area is 97.8 Å². The minimum Gasteiger partial charge on any atom is -0.471 e. The molecule has 0 saturated heterocycles. The molecule has 1 aromatic heterocycles. The summed E-state index contributed by atoms with van der Waals surface area (Å²) in [4.78, 5) is 4.11. The van der Waals surface area contributed by atoms with Gasteiger partial charge in [-0.15, -0.1) is 0 Å². The first kappa shape index (κ1) is 11.8. The van der Waals surface area contributed by atoms with Crippen LogP contribution in [0.15, 0.2) is 16.7 Å². The van der Waals surface area contributed by atoms with Crippen LogP contribution in [0.25, 0.3) is 0 Å². The Kier molecular flexibility index (Phi) is 3.78. The van der Waals surface area contributed by atoms with E-state index in [0.717, 1.165) is 10.9 Å². The molecule has 0 aliphatic heterocycles. The Morgan fingerprint density at radius 1 is 1.57 bits per heavy atom. The van der Waals surface area contributed by atoms with Gasteiger partial charge < -0.3 is 4.74 Å². The fraction of sp³-hybridized carbons (Fsp3) is 0.500. The molecular weight excluding hydrogens is 265 g/mol. The lowest BCUT2D eigenvalue weighted by Crippen LogP contribution is -2.27. The van der Waals surface area contributed by atoms with E-state index in [0.29, 0.717) is 10.9 Å². The van der Waals surface area contributed by atoms with Crippen molar-refractivity contribution in [3.8, 4) is 5.88 Å². The first-order valence-corrected chi connectivity index (χ1v) is 5.62. The summed E-state index contributed by atoms with van der Waals surface area (Å²) in [7, 11) is 0. The van der Waals surface area contributed by atoms with E-state index < -0.39 is 0 Å². The highest BCUT2D eigenvalue weighted by Gasteiger charge is 2.19. The topological polar surface area (TPSA) is 22.1 Å². The molecule has 0 aliphatic carbocycles. The zero-order valence-corrected chi connectivity index (χ0v) is 10.8. The molecule has 1 heterocycles. The van der Waals surface area contributed by atoms with Crippen molar-refractivity contribution in [2.75, 3.05) is 0 Å². The van der Waals surface area contributed by atoms with E-state index in [-0.39, 0.29) is 5.60 Å². The lowest BCUT2D eigenvalue weighted by Gasteiger charge is -2.24. The molecule has 78 valence electrons. The van der Waals surface area contributed by atoms with Gasteiger partial charge in [0.2, 0.25) is 5.88 Å². The third kappa shape index (κ3) is 3.14. The van der Waals surface area contributed by atoms with Gasteiger partial charge in [0.1, 0.15) is 10.6 Å². The van der Waals surface area contributed by atoms with Crippen molar-refractivity contribution in [2.24, 2.45) is 0 Å². The Morgan fingerprint density at radius 3 is 2.71 bits per heavy atom. The summed E-state index contributed by atoms with van der Waals surface area (Å²) in [5.41, 5.74) is -0.232. The van der Waals surface area contributed by atoms with E-state index in [2.05, 4.69) is 27.8 Å². The molecule has 0 radical (unpaired) electrons. The monoisotopic (exact) mass is 277 g/mol. The molecule has 0 aliphatic rings. The molecule has 0 unspecified atom stereocenters. The summed E-state index contributed by atoms with van der Waals surface area (Å²) in [6, 6.07) is 1.77. The number of pyridine rings is 1. The van der Waals surface area contributed by atoms with Crippen molar-refractivity contribution in [3.63, 3.8) is 0 Å². The largest absolute Gasteiger partial charge is 0.471 e. The van der Waals surface area contributed by atoms with Crippen LogP contribution in [0, 0.1) is 0 Å². The minimum atomic E-state index is -0.232. The number of halogens is 2. The molecule has 0 N–H and O–H groups in total. The van der Waals surface area contributed by atoms with Gasteiger partial charge in [0, 0.05) is 10.7 Å². The van der Waals surface area contributed by atoms with Crippen LogP contribution < -0.4 is 4.74 Å². The average molecular weight is 279 g/mol. The normalized spacial score (nSPS) is 11.5. The van der Waals surface area contributed by atoms with Gasteiger partial charge in [0.25, 0.3) is 0 Å². The molecule has 1 aromatic rings. The van der Waals surface area contributed by atoms with E-state index in [4.69, 9.17) is 16.3 Å². The van der Waals surface area contributed by atoms with Gasteiger partial charge in [0.15, 0.2) is 0 Å². The van der Waals surface area contributed by atoms with Gasteiger partial charge in [-0.1, -0.05) is 18.5 Å². The lowest BCUT2D eigenvalue weighted by molar-refractivity contribution is 0.0991. The van der Waals surface area contributed by atoms with Crippen molar-refractivity contribution < 1.29 is 4.74 Å². The van der Waals surface area contributed by atoms with Crippen molar-refractivity contribution in [1.29, 1.82) is 0 Å². The van der Waals surface area contributed by atoms with E-state index in [9.17, 15) is 0 Å². The molecule has 0 fully saturated rings. The number of aromatic nitrogens is 1. The zero-order valence-electron chi connectivity index (χ0n) is 8.47. The van der Waals surface area contributed by atoms with Crippen LogP contribution in [0.5, 0.6) is 5.88 Å². The molecule has 4 heteroatoms. The summed E-state index contributed by atoms with van der Waals surface area (Å²) in [6.45, 7) is 6.08. The van der Waals surface area contributed by atoms with Crippen molar-refractivity contribution in [2.45, 2.75) is 32.8 Å². The molecule has 0 spiro atoms. The highest BCUT2D eigenvalue weighted by Crippen LogP contribution is 2.28. The Hall–Kier alpha value is -0.280. The predicted molar refractivity (Wildman–Crippen MR) is 61.9 cm³/mol. The number of nitrogens with zero attached hydrogens (tertiary/aromatic N) is 1. The summed E-state index contributed by atoms with van der Waals surface area (Å²) < 4.78 is 6.52. The number of hydrogen-bond acceptors (Lipinski definition) is 2. The highest BCUT2D eigenvalue weighted by molar-refractivity contribution is 9.10. The Morgan fingerprint density at radius 2 is 2.21 bits per heavy atom. The lowest BCUT2D eigenvalue weighted by atomic mass is 10.1. The van der Waals surface area contributed by atoms with Gasteiger partial charge in [-0.05, 0) is 42.3 Å². The molecule has 0 atom stereocenters. The van der Waals surface area contributed by atoms with Gasteiger partial charge >= 0.3 is 0 Å². The van der Waals surface area contributed by atoms with E-state index >= 15 is 0 Å². The predicted octanol–water partition coefficient (Wildman–Crippen LogP) is 4.06. The first-order chi connectivity index (χ1) is 6.44. The molecule has 0 aromatic carbocycles. The van der Waals surface area contributed by atoms with Crippen molar-refractivity contribution in [1.82, 2.24) is 4.98 Å². The molecule has 0 amide bonds. The second-order valence-corrected chi connectivity index (χ2v) is 4.98. The SMILES string of the molecule is CCC(C)(C)Oc1ncc(Br)cc1Cl. The summed E-state index contributed by atoms with van der Waals surface area (Å²) in [5.74, 6) is 0.488. The quantitative estimate of drug-likeness (QED) is 0.831. The van der Waals surface area contributed by atoms with Gasteiger partial charge in [0.05, 0.1) is 0 Å². The summed E-state index contributed by atoms with van der Waals surface area (Å²) in [5, 5.41) is 0.529. The maximum Gasteiger partial charge on any atom is 0.233 e. The minimum absolute atomic E-state index is 0.232. The average Bonchev–Trinajstić information content (AvgIpc) is 2.10. The number of rotatable bonds is 3. The molecule has 0 bridgehead atoms. The van der Waals surface area contributed by atoms with Gasteiger partial charge in [-0.2, -0.15) is 0 Å². The smallest absolute Gasteiger partial charge is 0.233 e. The third-order valence-electron chi connectivity index (χ3n) is 2.00. The molecule has 14 heavy (non-hydrogen) atoms. The van der Waals surface area contributed by atoms with Crippen LogP contribution in [-0.2, 0) is 0 Å². The summed E-state index contributed by atoms with van der Waals surface area (Å²) >= 11 is 9.27. The number of hydrogen-bond donors (Lipinski definition) is 0. The van der Waals surface area contributed by atoms with Crippen LogP contribution in [0.3, 0.4) is 0 Å². The fourth-order valence-electron chi connectivity index (χ4n) is 0.811. The van der Waals surface area contributed by atoms with Crippen LogP contribution in [0.2, 0.25) is 5.02 Å². The molecule has 1 rings (SSSR count). The van der Waals surface area contributed by atoms with E-state index in [1.807, 2.05) is 13.8 Å². The zero-order chi connectivity index (χ0) is 10.8. The third-order valence-corrected chi connectivity index (χ3v) is 2.70. The van der Waals surface area contributed by atoms with Crippen LogP contribution in [0.1, 0.15) is 27.2 Å².